The number of aromatic amines is 1. The second-order valence-corrected chi connectivity index (χ2v) is 6.00. The summed E-state index contributed by atoms with van der Waals surface area (Å²) in [6.07, 6.45) is 2.36. The van der Waals surface area contributed by atoms with Crippen LogP contribution in [0.5, 0.6) is 0 Å². The van der Waals surface area contributed by atoms with Gasteiger partial charge < -0.3 is 20.7 Å². The van der Waals surface area contributed by atoms with Crippen molar-refractivity contribution in [2.45, 2.75) is 19.4 Å². The van der Waals surface area contributed by atoms with Gasteiger partial charge in [-0.15, -0.1) is 0 Å². The van der Waals surface area contributed by atoms with Crippen molar-refractivity contribution in [1.29, 1.82) is 0 Å². The van der Waals surface area contributed by atoms with Gasteiger partial charge in [-0.05, 0) is 42.7 Å². The van der Waals surface area contributed by atoms with Gasteiger partial charge in [0.15, 0.2) is 0 Å². The van der Waals surface area contributed by atoms with E-state index < -0.39 is 17.9 Å². The van der Waals surface area contributed by atoms with E-state index in [1.165, 1.54) is 12.1 Å². The molecule has 3 aromatic rings. The number of nitrogens with one attached hydrogen (secondary N) is 3. The summed E-state index contributed by atoms with van der Waals surface area (Å²) in [5, 5.41) is 16.0. The minimum Gasteiger partial charge on any atom is -0.394 e. The smallest absolute Gasteiger partial charge is 0.319 e. The first-order valence-electron chi connectivity index (χ1n) is 8.06. The average Bonchev–Trinajstić information content (AvgIpc) is 3.00. The number of hydrogen-bond acceptors (Lipinski definition) is 2. The van der Waals surface area contributed by atoms with Crippen LogP contribution >= 0.6 is 0 Å². The fourth-order valence-electron chi connectivity index (χ4n) is 2.80. The van der Waals surface area contributed by atoms with E-state index in [0.717, 1.165) is 22.0 Å². The maximum atomic E-state index is 13.3. The average molecular weight is 341 g/mol. The first-order valence-corrected chi connectivity index (χ1v) is 8.06. The number of hydrogen-bond donors (Lipinski definition) is 4. The van der Waals surface area contributed by atoms with Crippen molar-refractivity contribution in [2.75, 3.05) is 11.9 Å². The van der Waals surface area contributed by atoms with Crippen LogP contribution in [0.2, 0.25) is 0 Å². The summed E-state index contributed by atoms with van der Waals surface area (Å²) >= 11 is 0. The Morgan fingerprint density at radius 1 is 1.28 bits per heavy atom. The molecule has 0 saturated carbocycles. The minimum atomic E-state index is -0.479. The number of amides is 2. The molecule has 0 unspecified atom stereocenters. The number of carbonyl (C=O) groups is 1. The van der Waals surface area contributed by atoms with Crippen molar-refractivity contribution in [3.8, 4) is 0 Å². The number of H-pyrrole nitrogens is 1. The lowest BCUT2D eigenvalue weighted by Gasteiger charge is -2.17. The van der Waals surface area contributed by atoms with Crippen LogP contribution in [0.1, 0.15) is 11.1 Å². The van der Waals surface area contributed by atoms with Crippen molar-refractivity contribution in [2.24, 2.45) is 0 Å². The number of halogens is 1. The van der Waals surface area contributed by atoms with Gasteiger partial charge in [0.05, 0.1) is 12.6 Å². The Balaban J connectivity index is 1.67. The van der Waals surface area contributed by atoms with E-state index in [1.807, 2.05) is 30.5 Å². The molecule has 0 bridgehead atoms. The highest BCUT2D eigenvalue weighted by atomic mass is 19.1. The molecule has 2 aromatic carbocycles. The number of para-hydroxylation sites is 1. The highest BCUT2D eigenvalue weighted by Crippen LogP contribution is 2.19. The number of benzene rings is 2. The highest BCUT2D eigenvalue weighted by molar-refractivity contribution is 5.90. The fraction of sp³-hybridized carbons (Fsp3) is 0.211. The number of carbonyl (C=O) groups excluding carboxylic acids is 1. The molecule has 2 amide bonds. The monoisotopic (exact) mass is 341 g/mol. The van der Waals surface area contributed by atoms with Gasteiger partial charge in [0, 0.05) is 22.8 Å². The summed E-state index contributed by atoms with van der Waals surface area (Å²) in [6.45, 7) is 1.58. The Bertz CT molecular complexity index is 891. The molecule has 3 rings (SSSR count). The molecule has 1 atom stereocenters. The second kappa shape index (κ2) is 7.36. The SMILES string of the molecule is Cc1ccc(F)cc1NC(=O)N[C@H](CO)Cc1c[nH]c2ccccc12. The lowest BCUT2D eigenvalue weighted by Crippen LogP contribution is -2.41. The molecule has 1 heterocycles. The molecular weight excluding hydrogens is 321 g/mol. The van der Waals surface area contributed by atoms with Crippen LogP contribution in [-0.2, 0) is 6.42 Å². The van der Waals surface area contributed by atoms with Crippen LogP contribution in [-0.4, -0.2) is 28.8 Å². The normalized spacial score (nSPS) is 12.1. The predicted molar refractivity (Wildman–Crippen MR) is 96.2 cm³/mol. The Morgan fingerprint density at radius 2 is 2.08 bits per heavy atom. The largest absolute Gasteiger partial charge is 0.394 e. The van der Waals surface area contributed by atoms with Crippen molar-refractivity contribution < 1.29 is 14.3 Å². The number of rotatable bonds is 5. The van der Waals surface area contributed by atoms with Crippen molar-refractivity contribution in [3.63, 3.8) is 0 Å². The number of anilines is 1. The van der Waals surface area contributed by atoms with Gasteiger partial charge in [0.2, 0.25) is 0 Å². The third-order valence-corrected chi connectivity index (χ3v) is 4.14. The third-order valence-electron chi connectivity index (χ3n) is 4.14. The molecule has 0 aliphatic heterocycles. The highest BCUT2D eigenvalue weighted by Gasteiger charge is 2.15. The van der Waals surface area contributed by atoms with E-state index in [1.54, 1.807) is 13.0 Å². The van der Waals surface area contributed by atoms with Gasteiger partial charge in [-0.3, -0.25) is 0 Å². The predicted octanol–water partition coefficient (Wildman–Crippen LogP) is 3.34. The first kappa shape index (κ1) is 17.0. The van der Waals surface area contributed by atoms with Crippen LogP contribution < -0.4 is 10.6 Å². The van der Waals surface area contributed by atoms with Crippen molar-refractivity contribution >= 4 is 22.6 Å². The van der Waals surface area contributed by atoms with Gasteiger partial charge >= 0.3 is 6.03 Å². The van der Waals surface area contributed by atoms with E-state index in [9.17, 15) is 14.3 Å². The Kier molecular flexibility index (Phi) is 5.00. The summed E-state index contributed by atoms with van der Waals surface area (Å²) < 4.78 is 13.3. The molecule has 5 nitrogen and oxygen atoms in total. The van der Waals surface area contributed by atoms with Gasteiger partial charge in [0.25, 0.3) is 0 Å². The van der Waals surface area contributed by atoms with Crippen LogP contribution in [0, 0.1) is 12.7 Å². The van der Waals surface area contributed by atoms with Crippen LogP contribution in [0.15, 0.2) is 48.7 Å². The van der Waals surface area contributed by atoms with E-state index in [4.69, 9.17) is 0 Å². The fourth-order valence-corrected chi connectivity index (χ4v) is 2.80. The molecule has 1 aromatic heterocycles. The van der Waals surface area contributed by atoms with E-state index in [0.29, 0.717) is 12.1 Å². The molecule has 6 heteroatoms. The lowest BCUT2D eigenvalue weighted by molar-refractivity contribution is 0.224. The summed E-state index contributed by atoms with van der Waals surface area (Å²) in [4.78, 5) is 15.3. The Labute approximate surface area is 144 Å². The standard InChI is InChI=1S/C19H20FN3O2/c1-12-6-7-14(20)9-18(12)23-19(25)22-15(11-24)8-13-10-21-17-5-3-2-4-16(13)17/h2-7,9-10,15,21,24H,8,11H2,1H3,(H2,22,23,25)/t15-/m0/s1. The summed E-state index contributed by atoms with van der Waals surface area (Å²) in [7, 11) is 0. The second-order valence-electron chi connectivity index (χ2n) is 6.00. The molecular formula is C19H20FN3O2. The van der Waals surface area contributed by atoms with E-state index >= 15 is 0 Å². The van der Waals surface area contributed by atoms with Crippen LogP contribution in [0.4, 0.5) is 14.9 Å². The Morgan fingerprint density at radius 3 is 2.88 bits per heavy atom. The third kappa shape index (κ3) is 3.97. The van der Waals surface area contributed by atoms with Crippen LogP contribution in [0.25, 0.3) is 10.9 Å². The molecule has 0 aliphatic rings. The summed E-state index contributed by atoms with van der Waals surface area (Å²) in [5.74, 6) is -0.418. The van der Waals surface area contributed by atoms with Crippen LogP contribution in [0.3, 0.4) is 0 Å². The number of aromatic nitrogens is 1. The molecule has 0 saturated heterocycles. The van der Waals surface area contributed by atoms with Gasteiger partial charge in [0.1, 0.15) is 5.82 Å². The topological polar surface area (TPSA) is 77.2 Å². The zero-order valence-electron chi connectivity index (χ0n) is 13.8. The van der Waals surface area contributed by atoms with Crippen molar-refractivity contribution in [3.05, 3.63) is 65.6 Å². The molecule has 0 radical (unpaired) electrons. The molecule has 0 spiro atoms. The van der Waals surface area contributed by atoms with E-state index in [-0.39, 0.29) is 6.61 Å². The first-order chi connectivity index (χ1) is 12.1. The number of aliphatic hydroxyl groups excluding tert-OH is 1. The molecule has 0 fully saturated rings. The summed E-state index contributed by atoms with van der Waals surface area (Å²) in [5.41, 5.74) is 3.18. The van der Waals surface area contributed by atoms with Crippen molar-refractivity contribution in [1.82, 2.24) is 10.3 Å². The zero-order valence-corrected chi connectivity index (χ0v) is 13.8. The number of aryl methyl sites for hydroxylation is 1. The maximum absolute atomic E-state index is 13.3. The zero-order chi connectivity index (χ0) is 17.8. The van der Waals surface area contributed by atoms with E-state index in [2.05, 4.69) is 15.6 Å². The molecule has 4 N–H and O–H groups in total. The molecule has 25 heavy (non-hydrogen) atoms. The van der Waals surface area contributed by atoms with Gasteiger partial charge in [-0.2, -0.15) is 0 Å². The number of aliphatic hydroxyl groups is 1. The molecule has 130 valence electrons. The van der Waals surface area contributed by atoms with Gasteiger partial charge in [-0.25, -0.2) is 9.18 Å². The molecule has 0 aliphatic carbocycles. The number of fused-ring (bicyclic) bond motifs is 1. The Hall–Kier alpha value is -2.86. The lowest BCUT2D eigenvalue weighted by atomic mass is 10.1. The van der Waals surface area contributed by atoms with Gasteiger partial charge in [-0.1, -0.05) is 24.3 Å². The maximum Gasteiger partial charge on any atom is 0.319 e. The quantitative estimate of drug-likeness (QED) is 0.574. The summed E-state index contributed by atoms with van der Waals surface area (Å²) in [6, 6.07) is 11.1. The number of urea groups is 1. The minimum absolute atomic E-state index is 0.199.